The van der Waals surface area contributed by atoms with E-state index in [4.69, 9.17) is 4.74 Å². The Morgan fingerprint density at radius 2 is 2.13 bits per heavy atom. The Balaban J connectivity index is 2.29. The molecule has 0 fully saturated rings. The third-order valence-corrected chi connectivity index (χ3v) is 2.14. The van der Waals surface area contributed by atoms with E-state index in [0.717, 1.165) is 12.2 Å². The number of hydrogen-bond acceptors (Lipinski definition) is 3. The summed E-state index contributed by atoms with van der Waals surface area (Å²) in [5.41, 5.74) is 1.06. The first kappa shape index (κ1) is 11.8. The number of anilines is 1. The predicted octanol–water partition coefficient (Wildman–Crippen LogP) is 3.08. The molecule has 0 spiro atoms. The fourth-order valence-electron chi connectivity index (χ4n) is 1.33. The van der Waals surface area contributed by atoms with Gasteiger partial charge in [-0.25, -0.2) is 4.98 Å². The monoisotopic (exact) mass is 208 g/mol. The SMILES string of the molecule is CCCCCNc1ccc(OCC)nc1. The Morgan fingerprint density at radius 3 is 2.73 bits per heavy atom. The second-order valence-electron chi connectivity index (χ2n) is 3.45. The van der Waals surface area contributed by atoms with Gasteiger partial charge in [0.25, 0.3) is 0 Å². The smallest absolute Gasteiger partial charge is 0.213 e. The Hall–Kier alpha value is -1.25. The first-order chi connectivity index (χ1) is 7.36. The first-order valence-corrected chi connectivity index (χ1v) is 5.69. The summed E-state index contributed by atoms with van der Waals surface area (Å²) in [5.74, 6) is 0.691. The number of nitrogens with one attached hydrogen (secondary N) is 1. The molecule has 1 aromatic rings. The fraction of sp³-hybridized carbons (Fsp3) is 0.583. The van der Waals surface area contributed by atoms with Gasteiger partial charge in [0.15, 0.2) is 0 Å². The van der Waals surface area contributed by atoms with Gasteiger partial charge in [0, 0.05) is 12.6 Å². The molecule has 1 rings (SSSR count). The second kappa shape index (κ2) is 7.10. The van der Waals surface area contributed by atoms with Crippen molar-refractivity contribution in [2.24, 2.45) is 0 Å². The molecule has 0 saturated heterocycles. The summed E-state index contributed by atoms with van der Waals surface area (Å²) in [5, 5.41) is 3.33. The minimum atomic E-state index is 0.663. The highest BCUT2D eigenvalue weighted by molar-refractivity contribution is 5.41. The van der Waals surface area contributed by atoms with Crippen LogP contribution in [-0.4, -0.2) is 18.1 Å². The summed E-state index contributed by atoms with van der Waals surface area (Å²) in [4.78, 5) is 4.18. The lowest BCUT2D eigenvalue weighted by atomic mass is 10.2. The molecule has 84 valence electrons. The zero-order valence-electron chi connectivity index (χ0n) is 9.62. The van der Waals surface area contributed by atoms with E-state index in [9.17, 15) is 0 Å². The normalized spacial score (nSPS) is 10.0. The van der Waals surface area contributed by atoms with Gasteiger partial charge in [0.1, 0.15) is 0 Å². The van der Waals surface area contributed by atoms with Crippen LogP contribution in [0.5, 0.6) is 5.88 Å². The van der Waals surface area contributed by atoms with Crippen LogP contribution in [-0.2, 0) is 0 Å². The molecule has 0 atom stereocenters. The third-order valence-electron chi connectivity index (χ3n) is 2.14. The van der Waals surface area contributed by atoms with E-state index in [1.165, 1.54) is 19.3 Å². The molecule has 1 N–H and O–H groups in total. The van der Waals surface area contributed by atoms with Crippen LogP contribution in [0.25, 0.3) is 0 Å². The number of unbranched alkanes of at least 4 members (excludes halogenated alkanes) is 2. The number of rotatable bonds is 7. The second-order valence-corrected chi connectivity index (χ2v) is 3.45. The maximum absolute atomic E-state index is 5.26. The van der Waals surface area contributed by atoms with Crippen molar-refractivity contribution in [1.29, 1.82) is 0 Å². The predicted molar refractivity (Wildman–Crippen MR) is 63.4 cm³/mol. The molecule has 0 aliphatic carbocycles. The summed E-state index contributed by atoms with van der Waals surface area (Å²) in [6.07, 6.45) is 5.56. The van der Waals surface area contributed by atoms with E-state index < -0.39 is 0 Å². The number of nitrogens with zero attached hydrogens (tertiary/aromatic N) is 1. The maximum Gasteiger partial charge on any atom is 0.213 e. The summed E-state index contributed by atoms with van der Waals surface area (Å²) in [7, 11) is 0. The fourth-order valence-corrected chi connectivity index (χ4v) is 1.33. The van der Waals surface area contributed by atoms with Crippen LogP contribution in [0.2, 0.25) is 0 Å². The van der Waals surface area contributed by atoms with E-state index in [0.29, 0.717) is 12.5 Å². The highest BCUT2D eigenvalue weighted by atomic mass is 16.5. The van der Waals surface area contributed by atoms with Crippen molar-refractivity contribution in [3.05, 3.63) is 18.3 Å². The average Bonchev–Trinajstić information content (AvgIpc) is 2.27. The van der Waals surface area contributed by atoms with Gasteiger partial charge >= 0.3 is 0 Å². The molecule has 0 aliphatic rings. The minimum absolute atomic E-state index is 0.663. The van der Waals surface area contributed by atoms with Crippen molar-refractivity contribution in [3.63, 3.8) is 0 Å². The zero-order chi connectivity index (χ0) is 10.9. The van der Waals surface area contributed by atoms with Crippen molar-refractivity contribution in [1.82, 2.24) is 4.98 Å². The van der Waals surface area contributed by atoms with E-state index >= 15 is 0 Å². The van der Waals surface area contributed by atoms with Crippen LogP contribution in [0.3, 0.4) is 0 Å². The van der Waals surface area contributed by atoms with E-state index in [-0.39, 0.29) is 0 Å². The largest absolute Gasteiger partial charge is 0.478 e. The van der Waals surface area contributed by atoms with Crippen molar-refractivity contribution in [2.75, 3.05) is 18.5 Å². The van der Waals surface area contributed by atoms with Gasteiger partial charge < -0.3 is 10.1 Å². The number of pyridine rings is 1. The standard InChI is InChI=1S/C12H20N2O/c1-3-5-6-9-13-11-7-8-12(14-10-11)15-4-2/h7-8,10,13H,3-6,9H2,1-2H3. The summed E-state index contributed by atoms with van der Waals surface area (Å²) in [6, 6.07) is 3.90. The van der Waals surface area contributed by atoms with Crippen molar-refractivity contribution in [3.8, 4) is 5.88 Å². The van der Waals surface area contributed by atoms with Crippen LogP contribution in [0.1, 0.15) is 33.1 Å². The van der Waals surface area contributed by atoms with Crippen LogP contribution in [0.4, 0.5) is 5.69 Å². The number of hydrogen-bond donors (Lipinski definition) is 1. The molecule has 0 amide bonds. The van der Waals surface area contributed by atoms with Gasteiger partial charge in [-0.2, -0.15) is 0 Å². The molecule has 0 unspecified atom stereocenters. The maximum atomic E-state index is 5.26. The molecule has 0 saturated carbocycles. The van der Waals surface area contributed by atoms with Gasteiger partial charge in [-0.1, -0.05) is 19.8 Å². The lowest BCUT2D eigenvalue weighted by Crippen LogP contribution is -2.02. The average molecular weight is 208 g/mol. The topological polar surface area (TPSA) is 34.1 Å². The van der Waals surface area contributed by atoms with Crippen LogP contribution in [0.15, 0.2) is 18.3 Å². The molecule has 15 heavy (non-hydrogen) atoms. The molecule has 0 radical (unpaired) electrons. The molecule has 3 nitrogen and oxygen atoms in total. The van der Waals surface area contributed by atoms with Gasteiger partial charge in [0.2, 0.25) is 5.88 Å². The van der Waals surface area contributed by atoms with E-state index in [1.807, 2.05) is 25.3 Å². The van der Waals surface area contributed by atoms with Crippen molar-refractivity contribution >= 4 is 5.69 Å². The Kier molecular flexibility index (Phi) is 5.59. The molecular formula is C12H20N2O. The minimum Gasteiger partial charge on any atom is -0.478 e. The van der Waals surface area contributed by atoms with E-state index in [2.05, 4.69) is 17.2 Å². The van der Waals surface area contributed by atoms with Gasteiger partial charge in [-0.15, -0.1) is 0 Å². The molecule has 0 bridgehead atoms. The van der Waals surface area contributed by atoms with Crippen LogP contribution in [0, 0.1) is 0 Å². The van der Waals surface area contributed by atoms with Crippen LogP contribution >= 0.6 is 0 Å². The third kappa shape index (κ3) is 4.68. The van der Waals surface area contributed by atoms with Crippen molar-refractivity contribution in [2.45, 2.75) is 33.1 Å². The quantitative estimate of drug-likeness (QED) is 0.699. The zero-order valence-corrected chi connectivity index (χ0v) is 9.62. The van der Waals surface area contributed by atoms with Gasteiger partial charge in [-0.05, 0) is 19.4 Å². The summed E-state index contributed by atoms with van der Waals surface area (Å²) in [6.45, 7) is 5.84. The highest BCUT2D eigenvalue weighted by Crippen LogP contribution is 2.11. The van der Waals surface area contributed by atoms with E-state index in [1.54, 1.807) is 0 Å². The van der Waals surface area contributed by atoms with Crippen LogP contribution < -0.4 is 10.1 Å². The summed E-state index contributed by atoms with van der Waals surface area (Å²) >= 11 is 0. The molecular weight excluding hydrogens is 188 g/mol. The molecule has 0 aliphatic heterocycles. The Labute approximate surface area is 91.9 Å². The Bertz CT molecular complexity index is 259. The number of aromatic nitrogens is 1. The lowest BCUT2D eigenvalue weighted by Gasteiger charge is -2.06. The summed E-state index contributed by atoms with van der Waals surface area (Å²) < 4.78 is 5.26. The van der Waals surface area contributed by atoms with Gasteiger partial charge in [-0.3, -0.25) is 0 Å². The lowest BCUT2D eigenvalue weighted by molar-refractivity contribution is 0.327. The molecule has 0 aromatic carbocycles. The van der Waals surface area contributed by atoms with Crippen molar-refractivity contribution < 1.29 is 4.74 Å². The van der Waals surface area contributed by atoms with Gasteiger partial charge in [0.05, 0.1) is 18.5 Å². The molecule has 1 heterocycles. The Morgan fingerprint density at radius 1 is 1.27 bits per heavy atom. The molecule has 1 aromatic heterocycles. The molecule has 3 heteroatoms. The highest BCUT2D eigenvalue weighted by Gasteiger charge is 1.94. The number of ether oxygens (including phenoxy) is 1. The first-order valence-electron chi connectivity index (χ1n) is 5.69.